The van der Waals surface area contributed by atoms with Gasteiger partial charge in [0.1, 0.15) is 12.2 Å². The molecule has 2 fully saturated rings. The van der Waals surface area contributed by atoms with Gasteiger partial charge in [0, 0.05) is 19.0 Å². The molecule has 2 saturated heterocycles. The number of hydrogen-bond donors (Lipinski definition) is 1. The van der Waals surface area contributed by atoms with Crippen LogP contribution in [0, 0.1) is 12.3 Å². The second kappa shape index (κ2) is 14.3. The van der Waals surface area contributed by atoms with Crippen molar-refractivity contribution in [2.45, 2.75) is 31.1 Å². The van der Waals surface area contributed by atoms with Gasteiger partial charge in [0.25, 0.3) is 0 Å². The molecule has 5 rings (SSSR count). The fourth-order valence-electron chi connectivity index (χ4n) is 5.96. The standard InChI is InChI=1S/C34H37N5O3S/c1-3-20-37-25-32(40)38-30(19-21-43-2)33(41)36(23-29(27-15-9-5-10-16-27)28-17-11-6-12-18-28)24-31(38)39(37)34(42)35-22-26-13-7-4-8-14-26/h1,4-18,29-31H,19-25H2,2H3,(H,35,42)/t30-,31-/m0/s1. The molecule has 2 aliphatic heterocycles. The highest BCUT2D eigenvalue weighted by atomic mass is 32.2. The smallest absolute Gasteiger partial charge is 0.334 e. The van der Waals surface area contributed by atoms with E-state index in [1.165, 1.54) is 0 Å². The third-order valence-corrected chi connectivity index (χ3v) is 8.64. The highest BCUT2D eigenvalue weighted by molar-refractivity contribution is 7.98. The van der Waals surface area contributed by atoms with Crippen LogP contribution >= 0.6 is 11.8 Å². The van der Waals surface area contributed by atoms with Crippen molar-refractivity contribution in [1.82, 2.24) is 25.1 Å². The predicted molar refractivity (Wildman–Crippen MR) is 170 cm³/mol. The number of carbonyl (C=O) groups excluding carboxylic acids is 3. The highest BCUT2D eigenvalue weighted by Crippen LogP contribution is 2.32. The van der Waals surface area contributed by atoms with Gasteiger partial charge in [-0.2, -0.15) is 16.8 Å². The number of nitrogens with one attached hydrogen (secondary N) is 1. The molecule has 0 radical (unpaired) electrons. The average molecular weight is 596 g/mol. The summed E-state index contributed by atoms with van der Waals surface area (Å²) in [6, 6.07) is 28.9. The van der Waals surface area contributed by atoms with Gasteiger partial charge in [0.05, 0.1) is 19.6 Å². The van der Waals surface area contributed by atoms with E-state index in [0.29, 0.717) is 25.3 Å². The largest absolute Gasteiger partial charge is 0.336 e. The van der Waals surface area contributed by atoms with Crippen molar-refractivity contribution >= 4 is 29.6 Å². The maximum Gasteiger partial charge on any atom is 0.334 e. The number of piperazine rings is 1. The van der Waals surface area contributed by atoms with Gasteiger partial charge in [0.2, 0.25) is 11.8 Å². The zero-order valence-electron chi connectivity index (χ0n) is 24.3. The van der Waals surface area contributed by atoms with Crippen molar-refractivity contribution in [1.29, 1.82) is 0 Å². The molecule has 0 aliphatic carbocycles. The van der Waals surface area contributed by atoms with Gasteiger partial charge in [-0.3, -0.25) is 9.59 Å². The average Bonchev–Trinajstić information content (AvgIpc) is 3.04. The van der Waals surface area contributed by atoms with Crippen molar-refractivity contribution in [3.63, 3.8) is 0 Å². The zero-order valence-corrected chi connectivity index (χ0v) is 25.2. The van der Waals surface area contributed by atoms with Gasteiger partial charge in [-0.05, 0) is 35.1 Å². The number of carbonyl (C=O) groups is 3. The number of terminal acetylenes is 1. The summed E-state index contributed by atoms with van der Waals surface area (Å²) < 4.78 is 0. The Morgan fingerprint density at radius 1 is 0.977 bits per heavy atom. The maximum atomic E-state index is 14.2. The summed E-state index contributed by atoms with van der Waals surface area (Å²) in [5.41, 5.74) is 3.14. The first-order chi connectivity index (χ1) is 21.0. The summed E-state index contributed by atoms with van der Waals surface area (Å²) in [5.74, 6) is 2.93. The molecule has 43 heavy (non-hydrogen) atoms. The van der Waals surface area contributed by atoms with Gasteiger partial charge in [-0.15, -0.1) is 6.42 Å². The number of nitrogens with zero attached hydrogens (tertiary/aromatic N) is 4. The number of fused-ring (bicyclic) bond motifs is 1. The first-order valence-electron chi connectivity index (χ1n) is 14.5. The van der Waals surface area contributed by atoms with Crippen molar-refractivity contribution in [2.24, 2.45) is 0 Å². The minimum absolute atomic E-state index is 0.0703. The lowest BCUT2D eigenvalue weighted by atomic mass is 9.90. The van der Waals surface area contributed by atoms with E-state index < -0.39 is 12.2 Å². The van der Waals surface area contributed by atoms with Crippen LogP contribution in [0.5, 0.6) is 0 Å². The molecule has 4 amide bonds. The van der Waals surface area contributed by atoms with Crippen LogP contribution in [-0.2, 0) is 16.1 Å². The molecular formula is C34H37N5O3S. The molecule has 0 bridgehead atoms. The van der Waals surface area contributed by atoms with Crippen LogP contribution in [0.1, 0.15) is 29.0 Å². The third kappa shape index (κ3) is 6.87. The first-order valence-corrected chi connectivity index (χ1v) is 15.9. The molecule has 0 aromatic heterocycles. The fraction of sp³-hybridized carbons (Fsp3) is 0.324. The Balaban J connectivity index is 1.49. The van der Waals surface area contributed by atoms with E-state index in [1.807, 2.05) is 77.9 Å². The van der Waals surface area contributed by atoms with Gasteiger partial charge in [0.15, 0.2) is 0 Å². The number of hydrogen-bond acceptors (Lipinski definition) is 5. The summed E-state index contributed by atoms with van der Waals surface area (Å²) in [5, 5.41) is 6.20. The topological polar surface area (TPSA) is 76.2 Å². The van der Waals surface area contributed by atoms with E-state index in [-0.39, 0.29) is 43.4 Å². The minimum Gasteiger partial charge on any atom is -0.336 e. The molecule has 3 aromatic rings. The summed E-state index contributed by atoms with van der Waals surface area (Å²) in [6.45, 7) is 0.934. The lowest BCUT2D eigenvalue weighted by Gasteiger charge is -2.55. The molecule has 8 nitrogen and oxygen atoms in total. The lowest BCUT2D eigenvalue weighted by molar-refractivity contribution is -0.189. The van der Waals surface area contributed by atoms with Crippen molar-refractivity contribution in [3.05, 3.63) is 108 Å². The number of thioether (sulfide) groups is 1. The van der Waals surface area contributed by atoms with Crippen molar-refractivity contribution in [2.75, 3.05) is 38.2 Å². The molecule has 2 aliphatic rings. The van der Waals surface area contributed by atoms with Crippen LogP contribution in [0.15, 0.2) is 91.0 Å². The molecule has 2 heterocycles. The second-order valence-corrected chi connectivity index (χ2v) is 11.7. The van der Waals surface area contributed by atoms with Gasteiger partial charge >= 0.3 is 6.03 Å². The SMILES string of the molecule is C#CCN1CC(=O)N2[C@@H](CCSC)C(=O)N(CC(c3ccccc3)c3ccccc3)C[C@@H]2N1C(=O)NCc1ccccc1. The van der Waals surface area contributed by atoms with Crippen LogP contribution in [0.2, 0.25) is 0 Å². The number of benzene rings is 3. The predicted octanol–water partition coefficient (Wildman–Crippen LogP) is 4.01. The summed E-state index contributed by atoms with van der Waals surface area (Å²) in [4.78, 5) is 45.1. The van der Waals surface area contributed by atoms with E-state index in [0.717, 1.165) is 16.7 Å². The van der Waals surface area contributed by atoms with E-state index in [4.69, 9.17) is 6.42 Å². The van der Waals surface area contributed by atoms with Gasteiger partial charge < -0.3 is 15.1 Å². The quantitative estimate of drug-likeness (QED) is 0.359. The Morgan fingerprint density at radius 3 is 2.16 bits per heavy atom. The van der Waals surface area contributed by atoms with E-state index in [2.05, 4.69) is 35.5 Å². The van der Waals surface area contributed by atoms with E-state index in [9.17, 15) is 14.4 Å². The first kappa shape index (κ1) is 30.2. The summed E-state index contributed by atoms with van der Waals surface area (Å²) in [6.07, 6.45) is 7.48. The molecule has 1 N–H and O–H groups in total. The number of amides is 4. The Morgan fingerprint density at radius 2 is 1.58 bits per heavy atom. The Labute approximate surface area is 258 Å². The lowest BCUT2D eigenvalue weighted by Crippen LogP contribution is -2.76. The highest BCUT2D eigenvalue weighted by Gasteiger charge is 2.51. The van der Waals surface area contributed by atoms with Crippen LogP contribution < -0.4 is 5.32 Å². The molecule has 0 spiro atoms. The molecule has 9 heteroatoms. The molecular weight excluding hydrogens is 558 g/mol. The third-order valence-electron chi connectivity index (χ3n) is 8.00. The van der Waals surface area contributed by atoms with Crippen LogP contribution in [0.25, 0.3) is 0 Å². The summed E-state index contributed by atoms with van der Waals surface area (Å²) in [7, 11) is 0. The van der Waals surface area contributed by atoms with Gasteiger partial charge in [-0.1, -0.05) is 96.9 Å². The normalized spacial score (nSPS) is 18.9. The minimum atomic E-state index is -0.692. The van der Waals surface area contributed by atoms with Crippen LogP contribution in [0.3, 0.4) is 0 Å². The molecule has 222 valence electrons. The Kier molecular flexibility index (Phi) is 10.0. The molecule has 0 unspecified atom stereocenters. The zero-order chi connectivity index (χ0) is 30.2. The second-order valence-electron chi connectivity index (χ2n) is 10.7. The van der Waals surface area contributed by atoms with Crippen molar-refractivity contribution in [3.8, 4) is 12.3 Å². The number of hydrazine groups is 1. The summed E-state index contributed by atoms with van der Waals surface area (Å²) >= 11 is 1.63. The van der Waals surface area contributed by atoms with Crippen molar-refractivity contribution < 1.29 is 14.4 Å². The number of rotatable bonds is 10. The molecule has 3 aromatic carbocycles. The van der Waals surface area contributed by atoms with E-state index >= 15 is 0 Å². The Bertz CT molecular complexity index is 1390. The maximum absolute atomic E-state index is 14.2. The monoisotopic (exact) mass is 595 g/mol. The van der Waals surface area contributed by atoms with Crippen LogP contribution in [-0.4, -0.2) is 88.1 Å². The van der Waals surface area contributed by atoms with Crippen LogP contribution in [0.4, 0.5) is 4.79 Å². The van der Waals surface area contributed by atoms with E-state index in [1.54, 1.807) is 26.7 Å². The fourth-order valence-corrected chi connectivity index (χ4v) is 6.42. The number of urea groups is 1. The molecule has 0 saturated carbocycles. The van der Waals surface area contributed by atoms with Gasteiger partial charge in [-0.25, -0.2) is 9.80 Å². The Hall–Kier alpha value is -4.26. The molecule has 2 atom stereocenters.